The molecule has 5 heterocycles. The van der Waals surface area contributed by atoms with Gasteiger partial charge in [0, 0.05) is 47.0 Å². The van der Waals surface area contributed by atoms with Crippen LogP contribution in [0, 0.1) is 0 Å². The van der Waals surface area contributed by atoms with Crippen molar-refractivity contribution in [3.63, 3.8) is 0 Å². The normalized spacial score (nSPS) is 32.1. The first-order chi connectivity index (χ1) is 35.2. The van der Waals surface area contributed by atoms with Crippen LogP contribution < -0.4 is 5.73 Å². The van der Waals surface area contributed by atoms with E-state index in [0.717, 1.165) is 6.42 Å². The molecule has 434 valence electrons. The van der Waals surface area contributed by atoms with Crippen molar-refractivity contribution in [2.75, 3.05) is 87.4 Å². The Morgan fingerprint density at radius 1 is 0.480 bits per heavy atom. The van der Waals surface area contributed by atoms with Crippen molar-refractivity contribution in [2.45, 2.75) is 201 Å². The molecule has 75 heavy (non-hydrogen) atoms. The van der Waals surface area contributed by atoms with Gasteiger partial charge in [0.15, 0.2) is 16.6 Å². The Balaban J connectivity index is 0.000000478. The fraction of sp³-hybridized carbons (Fsp3) is 1.00. The molecule has 5 fully saturated rings. The Hall–Kier alpha value is -2.97. The molecule has 15 atom stereocenters. The summed E-state index contributed by atoms with van der Waals surface area (Å²) >= 11 is 0. The first kappa shape index (κ1) is 70.0. The number of nitrogens with zero attached hydrogens (tertiary/aromatic N) is 12. The fourth-order valence-corrected chi connectivity index (χ4v) is 9.45. The molecule has 0 unspecified atom stereocenters. The molecule has 0 aromatic carbocycles. The van der Waals surface area contributed by atoms with Crippen LogP contribution in [-0.4, -0.2) is 221 Å². The molecule has 5 saturated heterocycles. The lowest BCUT2D eigenvalue weighted by Crippen LogP contribution is -2.48. The van der Waals surface area contributed by atoms with Crippen molar-refractivity contribution in [1.82, 2.24) is 0 Å². The molecule has 7 N–H and O–H groups in total. The molecule has 0 aromatic heterocycles. The van der Waals surface area contributed by atoms with Crippen molar-refractivity contribution in [1.29, 1.82) is 0 Å². The quantitative estimate of drug-likeness (QED) is 0.0467. The van der Waals surface area contributed by atoms with Crippen LogP contribution in [-0.2, 0) is 46.7 Å². The average molecular weight is 1110 g/mol. The first-order valence-corrected chi connectivity index (χ1v) is 31.1. The van der Waals surface area contributed by atoms with E-state index in [4.69, 9.17) is 89.9 Å². The van der Waals surface area contributed by atoms with Gasteiger partial charge >= 0.3 is 0 Å². The molecule has 5 rings (SSSR count). The van der Waals surface area contributed by atoms with E-state index in [-0.39, 0.29) is 109 Å². The number of aliphatic hydroxyl groups excluding tert-OH is 5. The van der Waals surface area contributed by atoms with E-state index in [1.807, 2.05) is 0 Å². The zero-order valence-electron chi connectivity index (χ0n) is 46.5. The minimum Gasteiger partial charge on any atom is -0.414 e. The van der Waals surface area contributed by atoms with Gasteiger partial charge in [-0.05, 0) is 90.5 Å². The highest BCUT2D eigenvalue weighted by Crippen LogP contribution is 2.38. The van der Waals surface area contributed by atoms with Crippen LogP contribution in [0.5, 0.6) is 0 Å². The molecule has 0 amide bonds. The van der Waals surface area contributed by atoms with E-state index in [1.165, 1.54) is 0 Å². The van der Waals surface area contributed by atoms with Gasteiger partial charge in [0.25, 0.3) is 0 Å². The van der Waals surface area contributed by atoms with Crippen LogP contribution in [0.1, 0.15) is 73.6 Å². The summed E-state index contributed by atoms with van der Waals surface area (Å²) in [6, 6.07) is -0.869. The number of azide groups is 4. The third-order valence-corrected chi connectivity index (χ3v) is 23.3. The van der Waals surface area contributed by atoms with E-state index in [2.05, 4.69) is 108 Å². The van der Waals surface area contributed by atoms with E-state index >= 15 is 0 Å². The van der Waals surface area contributed by atoms with Crippen molar-refractivity contribution < 1.29 is 72.3 Å². The number of hydrogen-bond acceptors (Lipinski definition) is 20. The third-order valence-electron chi connectivity index (χ3n) is 14.3. The van der Waals surface area contributed by atoms with Gasteiger partial charge in [-0.15, -0.1) is 0 Å². The summed E-state index contributed by atoms with van der Waals surface area (Å²) in [5, 5.41) is 60.3. The Bertz CT molecular complexity index is 1800. The predicted octanol–water partition coefficient (Wildman–Crippen LogP) is 5.71. The fourth-order valence-electron chi connectivity index (χ4n) is 7.42. The smallest absolute Gasteiger partial charge is 0.192 e. The number of methoxy groups -OCH3 is 3. The standard InChI is InChI=1S/C13H27N3O3Si.C12H25N3O3Si.C7H13N3O3.C7H15NO3.C6H11N3O3/c1-13(2,3)20(5,6)19-9-12-11(17-4)7-10(8-18-12)15-16-14;1-12(2,3)19(4,5)18-8-11-10(16)6-9(7-17-11)14-15-13;1-12-6-2-5(9-10-8)4-13-7(6)3-11;1-10-6-2-5(8)4-11-7(6)3-9;7-9-8-4-1-5(11)6(2-10)12-3-4/h10-12H,7-9H2,1-6H3;9-11,16H,6-8H2,1-5H3;5-7,11H,2-4H2,1H3;5-7,9H,2-4,8H2,1H3;4-6,10-11H,1-3H2/t10-,11+,12-;9-,10+,11-;2*5-,6+,7-;4-,5+,6-/m11111/s1. The molecule has 0 saturated carbocycles. The Morgan fingerprint density at radius 2 is 0.773 bits per heavy atom. The van der Waals surface area contributed by atoms with E-state index in [0.29, 0.717) is 65.3 Å². The summed E-state index contributed by atoms with van der Waals surface area (Å²) in [6.07, 6.45) is -0.260. The van der Waals surface area contributed by atoms with Gasteiger partial charge in [0.05, 0.1) is 121 Å². The van der Waals surface area contributed by atoms with Gasteiger partial charge in [-0.3, -0.25) is 0 Å². The third kappa shape index (κ3) is 25.1. The van der Waals surface area contributed by atoms with Gasteiger partial charge in [-0.2, -0.15) is 0 Å². The highest BCUT2D eigenvalue weighted by Gasteiger charge is 2.41. The zero-order valence-corrected chi connectivity index (χ0v) is 48.5. The monoisotopic (exact) mass is 1110 g/mol. The molecule has 0 spiro atoms. The number of aliphatic hydroxyl groups is 5. The van der Waals surface area contributed by atoms with Gasteiger partial charge in [-0.1, -0.05) is 62.0 Å². The van der Waals surface area contributed by atoms with Crippen molar-refractivity contribution >= 4 is 16.6 Å². The van der Waals surface area contributed by atoms with Gasteiger partial charge in [-0.25, -0.2) is 0 Å². The molecule has 0 radical (unpaired) electrons. The molecular weight excluding hydrogens is 1020 g/mol. The second-order valence-electron chi connectivity index (χ2n) is 21.9. The molecule has 0 bridgehead atoms. The van der Waals surface area contributed by atoms with Crippen molar-refractivity contribution in [2.24, 2.45) is 26.2 Å². The maximum Gasteiger partial charge on any atom is 0.192 e. The second kappa shape index (κ2) is 35.5. The van der Waals surface area contributed by atoms with Crippen LogP contribution in [0.2, 0.25) is 36.3 Å². The number of nitrogens with two attached hydrogens (primary N) is 1. The molecule has 30 heteroatoms. The van der Waals surface area contributed by atoms with E-state index in [1.54, 1.807) is 21.3 Å². The van der Waals surface area contributed by atoms with Crippen molar-refractivity contribution in [3.8, 4) is 0 Å². The van der Waals surface area contributed by atoms with E-state index in [9.17, 15) is 10.2 Å². The molecule has 5 aliphatic heterocycles. The summed E-state index contributed by atoms with van der Waals surface area (Å²) in [4.78, 5) is 10.9. The van der Waals surface area contributed by atoms with Gasteiger partial charge in [0.1, 0.15) is 30.5 Å². The van der Waals surface area contributed by atoms with Crippen LogP contribution in [0.25, 0.3) is 41.8 Å². The van der Waals surface area contributed by atoms with Crippen LogP contribution >= 0.6 is 0 Å². The van der Waals surface area contributed by atoms with Crippen LogP contribution in [0.4, 0.5) is 0 Å². The van der Waals surface area contributed by atoms with Crippen molar-refractivity contribution in [3.05, 3.63) is 41.8 Å². The summed E-state index contributed by atoms with van der Waals surface area (Å²) in [6.45, 7) is 24.6. The molecule has 5 aliphatic rings. The summed E-state index contributed by atoms with van der Waals surface area (Å²) < 4.78 is 54.7. The highest BCUT2D eigenvalue weighted by molar-refractivity contribution is 6.74. The summed E-state index contributed by atoms with van der Waals surface area (Å²) in [5.41, 5.74) is 38.8. The largest absolute Gasteiger partial charge is 0.414 e. The SMILES string of the molecule is CC(C)(C)[Si](C)(C)OC[C@H]1OC[C@H](N=[N+]=[N-])C[C@@H]1O.CO[C@H]1C[C@@H](N)CO[C@@H]1CO.CO[C@H]1C[C@@H](N=[N+]=[N-])CO[C@@H]1CO.CO[C@H]1C[C@@H](N=[N+]=[N-])CO[C@@H]1CO[Si](C)(C)C(C)(C)C.[N-]=[N+]=N[C@H]1CO[C@H](CO)[C@@H](O)C1. The lowest BCUT2D eigenvalue weighted by Gasteiger charge is -2.39. The molecule has 28 nitrogen and oxygen atoms in total. The maximum absolute atomic E-state index is 9.99. The molecule has 0 aliphatic carbocycles. The average Bonchev–Trinajstić information content (AvgIpc) is 3.36. The maximum atomic E-state index is 9.99. The Kier molecular flexibility index (Phi) is 33.2. The zero-order chi connectivity index (χ0) is 57.0. The van der Waals surface area contributed by atoms with E-state index < -0.39 is 34.9 Å². The predicted molar refractivity (Wildman–Crippen MR) is 283 cm³/mol. The Labute approximate surface area is 444 Å². The lowest BCUT2D eigenvalue weighted by molar-refractivity contribution is -0.115. The van der Waals surface area contributed by atoms with Gasteiger partial charge < -0.3 is 78.0 Å². The number of rotatable bonds is 16. The Morgan fingerprint density at radius 3 is 1.11 bits per heavy atom. The van der Waals surface area contributed by atoms with Crippen LogP contribution in [0.15, 0.2) is 20.5 Å². The molecular formula is C45H91N13O15Si2. The summed E-state index contributed by atoms with van der Waals surface area (Å²) in [5.74, 6) is 0. The lowest BCUT2D eigenvalue weighted by atomic mass is 10.0. The number of hydrogen-bond donors (Lipinski definition) is 6. The minimum atomic E-state index is -1.82. The van der Waals surface area contributed by atoms with Gasteiger partial charge in [0.2, 0.25) is 0 Å². The minimum absolute atomic E-state index is 0.00519. The first-order valence-electron chi connectivity index (χ1n) is 25.3. The topological polar surface area (TPSA) is 415 Å². The number of ether oxygens (including phenoxy) is 8. The summed E-state index contributed by atoms with van der Waals surface area (Å²) in [7, 11) is 1.21. The highest BCUT2D eigenvalue weighted by atomic mass is 28.4. The van der Waals surface area contributed by atoms with Crippen LogP contribution in [0.3, 0.4) is 0 Å². The molecule has 0 aromatic rings. The second-order valence-corrected chi connectivity index (χ2v) is 31.5.